The van der Waals surface area contributed by atoms with Gasteiger partial charge in [-0.05, 0) is 59.8 Å². The minimum absolute atomic E-state index is 0.0443. The quantitative estimate of drug-likeness (QED) is 0.703. The fourth-order valence-electron chi connectivity index (χ4n) is 2.94. The van der Waals surface area contributed by atoms with Crippen LogP contribution in [0.5, 0.6) is 5.75 Å². The van der Waals surface area contributed by atoms with E-state index >= 15 is 0 Å². The van der Waals surface area contributed by atoms with Gasteiger partial charge in [-0.25, -0.2) is 9.97 Å². The number of hydrogen-bond donors (Lipinski definition) is 1. The van der Waals surface area contributed by atoms with Crippen LogP contribution in [0.25, 0.3) is 0 Å². The number of nitrogens with two attached hydrogens (primary N) is 1. The van der Waals surface area contributed by atoms with Gasteiger partial charge in [0, 0.05) is 13.1 Å². The molecule has 0 fully saturated rings. The molecule has 7 heteroatoms. The zero-order valence-corrected chi connectivity index (χ0v) is 19.1. The number of aryl methyl sites for hydroxylation is 1. The number of nitrogen functional groups attached to an aromatic ring is 1. The Kier molecular flexibility index (Phi) is 7.04. The van der Waals surface area contributed by atoms with Crippen molar-refractivity contribution < 1.29 is 9.53 Å². The second-order valence-corrected chi connectivity index (χ2v) is 8.50. The summed E-state index contributed by atoms with van der Waals surface area (Å²) in [5.41, 5.74) is 8.58. The Bertz CT molecular complexity index is 858. The van der Waals surface area contributed by atoms with Crippen LogP contribution in [-0.4, -0.2) is 33.9 Å². The van der Waals surface area contributed by atoms with Gasteiger partial charge in [0.15, 0.2) is 0 Å². The zero-order valence-electron chi connectivity index (χ0n) is 17.5. The molecule has 2 N–H and O–H groups in total. The van der Waals surface area contributed by atoms with Crippen molar-refractivity contribution >= 4 is 27.8 Å². The number of benzene rings is 1. The third-order valence-corrected chi connectivity index (χ3v) is 5.23. The maximum atomic E-state index is 12.9. The highest BCUT2D eigenvalue weighted by Crippen LogP contribution is 2.32. The number of carbonyl (C=O) groups is 1. The average molecular weight is 449 g/mol. The molecule has 0 spiro atoms. The number of anilines is 1. The first kappa shape index (κ1) is 22.1. The van der Waals surface area contributed by atoms with Crippen LogP contribution in [-0.2, 0) is 12.0 Å². The number of rotatable bonds is 6. The summed E-state index contributed by atoms with van der Waals surface area (Å²) in [6, 6.07) is 6.02. The molecule has 0 radical (unpaired) electrons. The van der Waals surface area contributed by atoms with Crippen molar-refractivity contribution in [2.24, 2.45) is 0 Å². The summed E-state index contributed by atoms with van der Waals surface area (Å²) < 4.78 is 6.83. The Labute approximate surface area is 175 Å². The van der Waals surface area contributed by atoms with Crippen LogP contribution in [0.3, 0.4) is 0 Å². The minimum atomic E-state index is -0.108. The summed E-state index contributed by atoms with van der Waals surface area (Å²) in [5.74, 6) is 0.710. The molecular weight excluding hydrogens is 420 g/mol. The average Bonchev–Trinajstić information content (AvgIpc) is 2.60. The van der Waals surface area contributed by atoms with E-state index in [4.69, 9.17) is 10.5 Å². The molecular formula is C21H29BrN4O2. The summed E-state index contributed by atoms with van der Waals surface area (Å²) in [6.45, 7) is 13.5. The summed E-state index contributed by atoms with van der Waals surface area (Å²) >= 11 is 3.58. The number of hydrogen-bond acceptors (Lipinski definition) is 5. The molecule has 0 saturated heterocycles. The first-order chi connectivity index (χ1) is 13.1. The lowest BCUT2D eigenvalue weighted by atomic mass is 9.87. The zero-order chi connectivity index (χ0) is 21.1. The van der Waals surface area contributed by atoms with E-state index in [1.54, 1.807) is 11.8 Å². The van der Waals surface area contributed by atoms with Gasteiger partial charge in [0.1, 0.15) is 12.4 Å². The number of amides is 1. The van der Waals surface area contributed by atoms with Crippen LogP contribution in [0, 0.1) is 6.92 Å². The second kappa shape index (κ2) is 8.90. The molecule has 1 amide bonds. The number of aromatic nitrogens is 2. The first-order valence-electron chi connectivity index (χ1n) is 9.43. The molecule has 1 heterocycles. The van der Waals surface area contributed by atoms with Crippen LogP contribution in [0.2, 0.25) is 0 Å². The molecule has 0 aliphatic carbocycles. The summed E-state index contributed by atoms with van der Waals surface area (Å²) in [5, 5.41) is 0. The number of ether oxygens (including phenoxy) is 1. The molecule has 152 valence electrons. The van der Waals surface area contributed by atoms with Crippen LogP contribution in [0.4, 0.5) is 5.95 Å². The first-order valence-corrected chi connectivity index (χ1v) is 10.2. The van der Waals surface area contributed by atoms with Crippen molar-refractivity contribution in [3.8, 4) is 5.75 Å². The molecule has 0 aliphatic heterocycles. The van der Waals surface area contributed by atoms with Crippen LogP contribution in [0.1, 0.15) is 61.9 Å². The summed E-state index contributed by atoms with van der Waals surface area (Å²) in [4.78, 5) is 23.1. The normalized spacial score (nSPS) is 11.4. The van der Waals surface area contributed by atoms with Gasteiger partial charge in [0.25, 0.3) is 5.91 Å². The van der Waals surface area contributed by atoms with Gasteiger partial charge in [0.05, 0.1) is 21.4 Å². The van der Waals surface area contributed by atoms with Gasteiger partial charge in [0.2, 0.25) is 5.95 Å². The van der Waals surface area contributed by atoms with E-state index < -0.39 is 0 Å². The number of carbonyl (C=O) groups excluding carboxylic acids is 1. The standard InChI is InChI=1S/C21H29BrN4O2/c1-7-26(8-2)19(27)18-13(3)24-20(23)25-16(18)12-28-17-10-9-14(11-15(17)22)21(4,5)6/h9-11H,7-8,12H2,1-6H3,(H2,23,24,25). The minimum Gasteiger partial charge on any atom is -0.486 e. The predicted molar refractivity (Wildman–Crippen MR) is 116 cm³/mol. The highest BCUT2D eigenvalue weighted by molar-refractivity contribution is 9.10. The van der Waals surface area contributed by atoms with E-state index in [1.807, 2.05) is 26.0 Å². The molecule has 0 bridgehead atoms. The lowest BCUT2D eigenvalue weighted by molar-refractivity contribution is 0.0768. The molecule has 1 aromatic carbocycles. The lowest BCUT2D eigenvalue weighted by Gasteiger charge is -2.22. The Hall–Kier alpha value is -2.15. The largest absolute Gasteiger partial charge is 0.486 e. The van der Waals surface area contributed by atoms with Gasteiger partial charge in [-0.2, -0.15) is 0 Å². The molecule has 0 unspecified atom stereocenters. The maximum Gasteiger partial charge on any atom is 0.257 e. The van der Waals surface area contributed by atoms with Crippen molar-refractivity contribution in [2.45, 2.75) is 53.6 Å². The topological polar surface area (TPSA) is 81.3 Å². The van der Waals surface area contributed by atoms with Crippen LogP contribution in [0.15, 0.2) is 22.7 Å². The summed E-state index contributed by atoms with van der Waals surface area (Å²) in [6.07, 6.45) is 0. The predicted octanol–water partition coefficient (Wildman–Crippen LogP) is 4.49. The smallest absolute Gasteiger partial charge is 0.257 e. The summed E-state index contributed by atoms with van der Waals surface area (Å²) in [7, 11) is 0. The molecule has 2 aromatic rings. The van der Waals surface area contributed by atoms with E-state index in [1.165, 1.54) is 5.56 Å². The molecule has 0 atom stereocenters. The van der Waals surface area contributed by atoms with E-state index in [9.17, 15) is 4.79 Å². The highest BCUT2D eigenvalue weighted by Gasteiger charge is 2.23. The van der Waals surface area contributed by atoms with E-state index in [-0.39, 0.29) is 23.9 Å². The second-order valence-electron chi connectivity index (χ2n) is 7.65. The van der Waals surface area contributed by atoms with Crippen molar-refractivity contribution in [3.63, 3.8) is 0 Å². The Balaban J connectivity index is 2.33. The number of halogens is 1. The monoisotopic (exact) mass is 448 g/mol. The van der Waals surface area contributed by atoms with Gasteiger partial charge in [-0.1, -0.05) is 26.8 Å². The fourth-order valence-corrected chi connectivity index (χ4v) is 3.43. The van der Waals surface area contributed by atoms with Crippen LogP contribution >= 0.6 is 15.9 Å². The van der Waals surface area contributed by atoms with Gasteiger partial charge < -0.3 is 15.4 Å². The lowest BCUT2D eigenvalue weighted by Crippen LogP contribution is -2.32. The maximum absolute atomic E-state index is 12.9. The Morgan fingerprint density at radius 3 is 2.39 bits per heavy atom. The van der Waals surface area contributed by atoms with Crippen molar-refractivity contribution in [2.75, 3.05) is 18.8 Å². The highest BCUT2D eigenvalue weighted by atomic mass is 79.9. The van der Waals surface area contributed by atoms with Crippen molar-refractivity contribution in [3.05, 3.63) is 45.2 Å². The molecule has 0 saturated carbocycles. The molecule has 6 nitrogen and oxygen atoms in total. The van der Waals surface area contributed by atoms with Gasteiger partial charge >= 0.3 is 0 Å². The van der Waals surface area contributed by atoms with Crippen molar-refractivity contribution in [1.82, 2.24) is 14.9 Å². The number of nitrogens with zero attached hydrogens (tertiary/aromatic N) is 3. The molecule has 2 rings (SSSR count). The third-order valence-electron chi connectivity index (χ3n) is 4.61. The van der Waals surface area contributed by atoms with Gasteiger partial charge in [-0.3, -0.25) is 4.79 Å². The molecule has 0 aliphatic rings. The Morgan fingerprint density at radius 1 is 1.21 bits per heavy atom. The fraction of sp³-hybridized carbons (Fsp3) is 0.476. The van der Waals surface area contributed by atoms with E-state index in [0.717, 1.165) is 4.47 Å². The molecule has 1 aromatic heterocycles. The Morgan fingerprint density at radius 2 is 1.86 bits per heavy atom. The van der Waals surface area contributed by atoms with Crippen molar-refractivity contribution in [1.29, 1.82) is 0 Å². The van der Waals surface area contributed by atoms with E-state index in [0.29, 0.717) is 35.8 Å². The van der Waals surface area contributed by atoms with Crippen LogP contribution < -0.4 is 10.5 Å². The van der Waals surface area contributed by atoms with E-state index in [2.05, 4.69) is 52.7 Å². The van der Waals surface area contributed by atoms with Gasteiger partial charge in [-0.15, -0.1) is 0 Å². The SMILES string of the molecule is CCN(CC)C(=O)c1c(C)nc(N)nc1COc1ccc(C(C)(C)C)cc1Br. The molecule has 28 heavy (non-hydrogen) atoms. The third kappa shape index (κ3) is 5.01.